The minimum absolute atomic E-state index is 0.218. The highest BCUT2D eigenvalue weighted by atomic mass is 16.4. The summed E-state index contributed by atoms with van der Waals surface area (Å²) < 4.78 is 0. The fourth-order valence-electron chi connectivity index (χ4n) is 2.46. The summed E-state index contributed by atoms with van der Waals surface area (Å²) in [5, 5.41) is 10.0. The van der Waals surface area contributed by atoms with Gasteiger partial charge >= 0.3 is 5.97 Å². The van der Waals surface area contributed by atoms with E-state index in [9.17, 15) is 14.7 Å². The predicted octanol–water partition coefficient (Wildman–Crippen LogP) is 1.63. The lowest BCUT2D eigenvalue weighted by Crippen LogP contribution is -2.39. The van der Waals surface area contributed by atoms with Crippen LogP contribution < -0.4 is 10.6 Å². The van der Waals surface area contributed by atoms with Crippen molar-refractivity contribution in [1.82, 2.24) is 4.98 Å². The molecule has 0 bridgehead atoms. The van der Waals surface area contributed by atoms with Gasteiger partial charge in [-0.15, -0.1) is 0 Å². The van der Waals surface area contributed by atoms with Gasteiger partial charge in [0.15, 0.2) is 0 Å². The van der Waals surface area contributed by atoms with E-state index in [1.54, 1.807) is 31.0 Å². The molecular formula is C15H17N3O3. The van der Waals surface area contributed by atoms with E-state index in [1.165, 1.54) is 6.20 Å². The number of para-hydroxylation sites is 1. The summed E-state index contributed by atoms with van der Waals surface area (Å²) in [6, 6.07) is 6.51. The van der Waals surface area contributed by atoms with Gasteiger partial charge in [-0.05, 0) is 12.5 Å². The molecule has 0 aliphatic heterocycles. The number of nitrogens with two attached hydrogens (primary N) is 1. The van der Waals surface area contributed by atoms with Gasteiger partial charge in [-0.2, -0.15) is 0 Å². The molecule has 0 saturated carbocycles. The number of nitrogens with zero attached hydrogens (tertiary/aromatic N) is 2. The Kier molecular flexibility index (Phi) is 4.07. The number of hydrogen-bond acceptors (Lipinski definition) is 4. The molecule has 1 atom stereocenters. The van der Waals surface area contributed by atoms with E-state index in [4.69, 9.17) is 5.73 Å². The summed E-state index contributed by atoms with van der Waals surface area (Å²) in [6.45, 7) is 1.78. The van der Waals surface area contributed by atoms with E-state index >= 15 is 0 Å². The maximum atomic E-state index is 11.7. The van der Waals surface area contributed by atoms with Crippen molar-refractivity contribution < 1.29 is 14.7 Å². The number of carboxylic acids is 1. The molecule has 1 heterocycles. The molecule has 3 N–H and O–H groups in total. The summed E-state index contributed by atoms with van der Waals surface area (Å²) in [5.41, 5.74) is 6.81. The molecule has 1 unspecified atom stereocenters. The largest absolute Gasteiger partial charge is 0.480 e. The lowest BCUT2D eigenvalue weighted by Gasteiger charge is -2.28. The van der Waals surface area contributed by atoms with E-state index in [0.29, 0.717) is 23.0 Å². The Hall–Kier alpha value is -2.63. The zero-order valence-electron chi connectivity index (χ0n) is 11.9. The fraction of sp³-hybridized carbons (Fsp3) is 0.267. The van der Waals surface area contributed by atoms with Crippen LogP contribution in [0.15, 0.2) is 30.5 Å². The SMILES string of the molecule is CCC(C(=O)O)N(C)c1c(C(N)=O)cnc2ccccc12. The first-order chi connectivity index (χ1) is 9.97. The van der Waals surface area contributed by atoms with Crippen LogP contribution in [0.3, 0.4) is 0 Å². The molecule has 1 amide bonds. The van der Waals surface area contributed by atoms with Crippen molar-refractivity contribution in [1.29, 1.82) is 0 Å². The molecule has 0 radical (unpaired) electrons. The Morgan fingerprint density at radius 3 is 2.62 bits per heavy atom. The Bertz CT molecular complexity index is 700. The monoisotopic (exact) mass is 287 g/mol. The predicted molar refractivity (Wildman–Crippen MR) is 80.4 cm³/mol. The number of carbonyl (C=O) groups excluding carboxylic acids is 1. The average molecular weight is 287 g/mol. The summed E-state index contributed by atoms with van der Waals surface area (Å²) in [7, 11) is 1.65. The van der Waals surface area contributed by atoms with Crippen LogP contribution in [-0.4, -0.2) is 35.1 Å². The van der Waals surface area contributed by atoms with Gasteiger partial charge in [-0.1, -0.05) is 25.1 Å². The molecule has 1 aromatic heterocycles. The van der Waals surface area contributed by atoms with Crippen LogP contribution in [0.2, 0.25) is 0 Å². The summed E-state index contributed by atoms with van der Waals surface area (Å²) in [6.07, 6.45) is 1.80. The van der Waals surface area contributed by atoms with Crippen LogP contribution in [0.5, 0.6) is 0 Å². The highest BCUT2D eigenvalue weighted by Gasteiger charge is 2.25. The second kappa shape index (κ2) is 5.78. The number of carbonyl (C=O) groups is 2. The number of rotatable bonds is 5. The van der Waals surface area contributed by atoms with Crippen LogP contribution in [0.4, 0.5) is 5.69 Å². The number of hydrogen-bond donors (Lipinski definition) is 2. The quantitative estimate of drug-likeness (QED) is 0.871. The fourth-order valence-corrected chi connectivity index (χ4v) is 2.46. The lowest BCUT2D eigenvalue weighted by molar-refractivity contribution is -0.138. The molecule has 2 aromatic rings. The highest BCUT2D eigenvalue weighted by molar-refractivity contribution is 6.07. The Labute approximate surface area is 122 Å². The van der Waals surface area contributed by atoms with E-state index < -0.39 is 17.9 Å². The van der Waals surface area contributed by atoms with Gasteiger partial charge in [0, 0.05) is 18.6 Å². The number of pyridine rings is 1. The van der Waals surface area contributed by atoms with Gasteiger partial charge in [0.1, 0.15) is 6.04 Å². The van der Waals surface area contributed by atoms with E-state index in [1.807, 2.05) is 12.1 Å². The second-order valence-electron chi connectivity index (χ2n) is 4.78. The minimum atomic E-state index is -0.948. The molecule has 6 nitrogen and oxygen atoms in total. The number of carboxylic acid groups (broad SMARTS) is 1. The zero-order valence-corrected chi connectivity index (χ0v) is 11.9. The van der Waals surface area contributed by atoms with Gasteiger partial charge in [0.2, 0.25) is 0 Å². The second-order valence-corrected chi connectivity index (χ2v) is 4.78. The summed E-state index contributed by atoms with van der Waals surface area (Å²) >= 11 is 0. The Morgan fingerprint density at radius 1 is 1.38 bits per heavy atom. The van der Waals surface area contributed by atoms with Gasteiger partial charge < -0.3 is 15.7 Å². The molecule has 2 rings (SSSR count). The van der Waals surface area contributed by atoms with E-state index in [2.05, 4.69) is 4.98 Å². The molecule has 0 fully saturated rings. The van der Waals surface area contributed by atoms with Gasteiger partial charge in [0.25, 0.3) is 5.91 Å². The topological polar surface area (TPSA) is 96.5 Å². The summed E-state index contributed by atoms with van der Waals surface area (Å²) in [4.78, 5) is 28.8. The number of likely N-dealkylation sites (N-methyl/N-ethyl adjacent to an activating group) is 1. The lowest BCUT2D eigenvalue weighted by atomic mass is 10.1. The average Bonchev–Trinajstić information content (AvgIpc) is 2.46. The highest BCUT2D eigenvalue weighted by Crippen LogP contribution is 2.30. The van der Waals surface area contributed by atoms with Crippen molar-refractivity contribution in [3.05, 3.63) is 36.0 Å². The van der Waals surface area contributed by atoms with Crippen LogP contribution in [-0.2, 0) is 4.79 Å². The van der Waals surface area contributed by atoms with Crippen molar-refractivity contribution >= 4 is 28.5 Å². The number of anilines is 1. The molecule has 6 heteroatoms. The van der Waals surface area contributed by atoms with Crippen molar-refractivity contribution in [3.8, 4) is 0 Å². The normalized spacial score (nSPS) is 12.1. The van der Waals surface area contributed by atoms with Crippen LogP contribution in [0, 0.1) is 0 Å². The number of benzene rings is 1. The van der Waals surface area contributed by atoms with E-state index in [0.717, 1.165) is 0 Å². The first-order valence-electron chi connectivity index (χ1n) is 6.60. The maximum absolute atomic E-state index is 11.7. The van der Waals surface area contributed by atoms with Gasteiger partial charge in [-0.25, -0.2) is 4.79 Å². The molecular weight excluding hydrogens is 270 g/mol. The first-order valence-corrected chi connectivity index (χ1v) is 6.60. The van der Waals surface area contributed by atoms with Gasteiger partial charge in [-0.3, -0.25) is 9.78 Å². The van der Waals surface area contributed by atoms with Gasteiger partial charge in [0.05, 0.1) is 16.8 Å². The standard InChI is InChI=1S/C15H17N3O3/c1-3-12(15(20)21)18(2)13-9-6-4-5-7-11(9)17-8-10(13)14(16)19/h4-8,12H,3H2,1-2H3,(H2,16,19)(H,20,21). The zero-order chi connectivity index (χ0) is 15.6. The third kappa shape index (κ3) is 2.65. The Balaban J connectivity index is 2.72. The molecule has 0 aliphatic rings. The molecule has 110 valence electrons. The Morgan fingerprint density at radius 2 is 2.05 bits per heavy atom. The number of amides is 1. The smallest absolute Gasteiger partial charge is 0.326 e. The number of fused-ring (bicyclic) bond motifs is 1. The van der Waals surface area contributed by atoms with Crippen molar-refractivity contribution in [2.45, 2.75) is 19.4 Å². The van der Waals surface area contributed by atoms with Crippen molar-refractivity contribution in [2.75, 3.05) is 11.9 Å². The van der Waals surface area contributed by atoms with Crippen molar-refractivity contribution in [3.63, 3.8) is 0 Å². The number of aliphatic carboxylic acids is 1. The molecule has 21 heavy (non-hydrogen) atoms. The molecule has 0 saturated heterocycles. The maximum Gasteiger partial charge on any atom is 0.326 e. The third-order valence-electron chi connectivity index (χ3n) is 3.50. The molecule has 0 aliphatic carbocycles. The van der Waals surface area contributed by atoms with Crippen molar-refractivity contribution in [2.24, 2.45) is 5.73 Å². The minimum Gasteiger partial charge on any atom is -0.480 e. The third-order valence-corrected chi connectivity index (χ3v) is 3.50. The first kappa shape index (κ1) is 14.8. The number of primary amides is 1. The molecule has 1 aromatic carbocycles. The van der Waals surface area contributed by atoms with Crippen LogP contribution >= 0.6 is 0 Å². The van der Waals surface area contributed by atoms with Crippen LogP contribution in [0.25, 0.3) is 10.9 Å². The number of aromatic nitrogens is 1. The van der Waals surface area contributed by atoms with Crippen LogP contribution in [0.1, 0.15) is 23.7 Å². The molecule has 0 spiro atoms. The van der Waals surface area contributed by atoms with E-state index in [-0.39, 0.29) is 5.56 Å². The summed E-state index contributed by atoms with van der Waals surface area (Å²) in [5.74, 6) is -1.58.